The number of rotatable bonds is 5. The van der Waals surface area contributed by atoms with Crippen LogP contribution in [-0.2, 0) is 14.6 Å². The summed E-state index contributed by atoms with van der Waals surface area (Å²) in [6.45, 7) is 1.94. The smallest absolute Gasteiger partial charge is 0.305 e. The molecule has 0 rings (SSSR count). The first-order valence-electron chi connectivity index (χ1n) is 3.37. The third-order valence-electron chi connectivity index (χ3n) is 1.09. The van der Waals surface area contributed by atoms with Gasteiger partial charge < -0.3 is 5.73 Å². The van der Waals surface area contributed by atoms with Crippen molar-refractivity contribution in [3.8, 4) is 0 Å². The SMILES string of the molecule is CCCCC(N)OS(=O)(=O)O. The molecular weight excluding hydrogens is 170 g/mol. The van der Waals surface area contributed by atoms with E-state index in [0.717, 1.165) is 12.8 Å². The minimum Gasteiger partial charge on any atom is -0.305 e. The minimum absolute atomic E-state index is 0.427. The molecule has 1 unspecified atom stereocenters. The predicted molar refractivity (Wildman–Crippen MR) is 40.1 cm³/mol. The molecule has 0 aromatic heterocycles. The fourth-order valence-corrected chi connectivity index (χ4v) is 1.02. The van der Waals surface area contributed by atoms with Gasteiger partial charge in [-0.15, -0.1) is 0 Å². The van der Waals surface area contributed by atoms with Crippen molar-refractivity contribution in [2.45, 2.75) is 32.4 Å². The molecule has 68 valence electrons. The van der Waals surface area contributed by atoms with Crippen molar-refractivity contribution in [1.82, 2.24) is 0 Å². The van der Waals surface area contributed by atoms with Gasteiger partial charge in [-0.3, -0.25) is 4.55 Å². The van der Waals surface area contributed by atoms with Crippen LogP contribution in [0.2, 0.25) is 0 Å². The van der Waals surface area contributed by atoms with E-state index in [1.54, 1.807) is 0 Å². The largest absolute Gasteiger partial charge is 0.398 e. The Morgan fingerprint density at radius 1 is 1.64 bits per heavy atom. The fourth-order valence-electron chi connectivity index (χ4n) is 0.610. The van der Waals surface area contributed by atoms with E-state index in [4.69, 9.17) is 10.3 Å². The van der Waals surface area contributed by atoms with Crippen LogP contribution in [0.3, 0.4) is 0 Å². The quantitative estimate of drug-likeness (QED) is 0.472. The molecule has 0 heterocycles. The van der Waals surface area contributed by atoms with E-state index in [2.05, 4.69) is 4.18 Å². The van der Waals surface area contributed by atoms with Crippen molar-refractivity contribution in [2.75, 3.05) is 0 Å². The normalized spacial score (nSPS) is 14.8. The van der Waals surface area contributed by atoms with Gasteiger partial charge in [0.1, 0.15) is 6.23 Å². The van der Waals surface area contributed by atoms with Crippen LogP contribution in [0, 0.1) is 0 Å². The van der Waals surface area contributed by atoms with Gasteiger partial charge in [0, 0.05) is 0 Å². The van der Waals surface area contributed by atoms with E-state index in [1.807, 2.05) is 6.92 Å². The summed E-state index contributed by atoms with van der Waals surface area (Å²) in [5, 5.41) is 0. The van der Waals surface area contributed by atoms with Crippen LogP contribution in [0.15, 0.2) is 0 Å². The average Bonchev–Trinajstić information content (AvgIpc) is 1.79. The van der Waals surface area contributed by atoms with Crippen LogP contribution in [0.5, 0.6) is 0 Å². The average molecular weight is 183 g/mol. The van der Waals surface area contributed by atoms with E-state index >= 15 is 0 Å². The minimum atomic E-state index is -4.38. The summed E-state index contributed by atoms with van der Waals surface area (Å²) in [4.78, 5) is 0. The summed E-state index contributed by atoms with van der Waals surface area (Å²) in [6, 6.07) is 0. The Labute approximate surface area is 66.5 Å². The van der Waals surface area contributed by atoms with Gasteiger partial charge in [-0.25, -0.2) is 4.18 Å². The predicted octanol–water partition coefficient (Wildman–Crippen LogP) is 0.281. The molecule has 6 heteroatoms. The summed E-state index contributed by atoms with van der Waals surface area (Å²) in [5.74, 6) is 0. The summed E-state index contributed by atoms with van der Waals surface area (Å²) in [5.41, 5.74) is 5.18. The first-order valence-corrected chi connectivity index (χ1v) is 4.73. The lowest BCUT2D eigenvalue weighted by Gasteiger charge is -2.07. The van der Waals surface area contributed by atoms with Gasteiger partial charge in [-0.05, 0) is 12.8 Å². The monoisotopic (exact) mass is 183 g/mol. The fraction of sp³-hybridized carbons (Fsp3) is 1.00. The van der Waals surface area contributed by atoms with Gasteiger partial charge >= 0.3 is 10.4 Å². The molecule has 0 aliphatic rings. The molecule has 0 saturated carbocycles. The maximum atomic E-state index is 10.1. The van der Waals surface area contributed by atoms with Crippen molar-refractivity contribution >= 4 is 10.4 Å². The first kappa shape index (κ1) is 10.8. The second-order valence-electron chi connectivity index (χ2n) is 2.20. The topological polar surface area (TPSA) is 89.6 Å². The highest BCUT2D eigenvalue weighted by atomic mass is 32.3. The standard InChI is InChI=1S/C5H13NO4S/c1-2-3-4-5(6)10-11(7,8)9/h5H,2-4,6H2,1H3,(H,7,8,9). The summed E-state index contributed by atoms with van der Waals surface area (Å²) in [7, 11) is -4.38. The Bertz CT molecular complexity index is 189. The summed E-state index contributed by atoms with van der Waals surface area (Å²) < 4.78 is 32.3. The molecule has 0 fully saturated rings. The molecule has 0 radical (unpaired) electrons. The highest BCUT2D eigenvalue weighted by Gasteiger charge is 2.11. The Hall–Kier alpha value is -0.170. The van der Waals surface area contributed by atoms with Crippen molar-refractivity contribution in [3.63, 3.8) is 0 Å². The zero-order valence-corrected chi connectivity index (χ0v) is 7.17. The molecule has 1 atom stereocenters. The zero-order valence-electron chi connectivity index (χ0n) is 6.36. The van der Waals surface area contributed by atoms with Crippen molar-refractivity contribution in [2.24, 2.45) is 5.73 Å². The van der Waals surface area contributed by atoms with E-state index in [-0.39, 0.29) is 0 Å². The van der Waals surface area contributed by atoms with Gasteiger partial charge in [-0.2, -0.15) is 8.42 Å². The third-order valence-corrected chi connectivity index (χ3v) is 1.58. The molecule has 0 spiro atoms. The maximum Gasteiger partial charge on any atom is 0.398 e. The molecule has 0 aromatic carbocycles. The van der Waals surface area contributed by atoms with Crippen LogP contribution in [-0.4, -0.2) is 19.2 Å². The van der Waals surface area contributed by atoms with Gasteiger partial charge in [-0.1, -0.05) is 13.3 Å². The molecule has 0 aromatic rings. The third kappa shape index (κ3) is 7.73. The molecule has 0 bridgehead atoms. The summed E-state index contributed by atoms with van der Waals surface area (Å²) >= 11 is 0. The second kappa shape index (κ2) is 4.66. The zero-order chi connectivity index (χ0) is 8.91. The lowest BCUT2D eigenvalue weighted by atomic mass is 10.2. The van der Waals surface area contributed by atoms with Crippen LogP contribution < -0.4 is 5.73 Å². The Kier molecular flexibility index (Phi) is 4.58. The molecule has 0 amide bonds. The molecule has 0 saturated heterocycles. The number of nitrogens with two attached hydrogens (primary N) is 1. The molecule has 0 aliphatic carbocycles. The molecule has 11 heavy (non-hydrogen) atoms. The number of hydrogen-bond acceptors (Lipinski definition) is 4. The lowest BCUT2D eigenvalue weighted by Crippen LogP contribution is -2.26. The van der Waals surface area contributed by atoms with E-state index in [9.17, 15) is 8.42 Å². The highest BCUT2D eigenvalue weighted by molar-refractivity contribution is 7.80. The first-order chi connectivity index (χ1) is 4.95. The van der Waals surface area contributed by atoms with Gasteiger partial charge in [0.05, 0.1) is 0 Å². The Balaban J connectivity index is 3.61. The van der Waals surface area contributed by atoms with Gasteiger partial charge in [0.2, 0.25) is 0 Å². The van der Waals surface area contributed by atoms with E-state index < -0.39 is 16.6 Å². The highest BCUT2D eigenvalue weighted by Crippen LogP contribution is 2.01. The van der Waals surface area contributed by atoms with E-state index in [0.29, 0.717) is 6.42 Å². The second-order valence-corrected chi connectivity index (χ2v) is 3.25. The maximum absolute atomic E-state index is 10.1. The van der Waals surface area contributed by atoms with Gasteiger partial charge in [0.25, 0.3) is 0 Å². The van der Waals surface area contributed by atoms with Crippen molar-refractivity contribution < 1.29 is 17.2 Å². The molecular formula is C5H13NO4S. The van der Waals surface area contributed by atoms with Crippen LogP contribution in [0.25, 0.3) is 0 Å². The molecule has 5 nitrogen and oxygen atoms in total. The number of hydrogen-bond donors (Lipinski definition) is 2. The van der Waals surface area contributed by atoms with Crippen LogP contribution in [0.4, 0.5) is 0 Å². The Morgan fingerprint density at radius 3 is 2.55 bits per heavy atom. The van der Waals surface area contributed by atoms with Crippen LogP contribution >= 0.6 is 0 Å². The van der Waals surface area contributed by atoms with E-state index in [1.165, 1.54) is 0 Å². The van der Waals surface area contributed by atoms with Crippen LogP contribution in [0.1, 0.15) is 26.2 Å². The van der Waals surface area contributed by atoms with Crippen molar-refractivity contribution in [3.05, 3.63) is 0 Å². The Morgan fingerprint density at radius 2 is 2.18 bits per heavy atom. The molecule has 0 aliphatic heterocycles. The van der Waals surface area contributed by atoms with Gasteiger partial charge in [0.15, 0.2) is 0 Å². The summed E-state index contributed by atoms with van der Waals surface area (Å²) in [6.07, 6.45) is 1.18. The number of unbranched alkanes of at least 4 members (excludes halogenated alkanes) is 1. The lowest BCUT2D eigenvalue weighted by molar-refractivity contribution is 0.176. The van der Waals surface area contributed by atoms with Crippen molar-refractivity contribution in [1.29, 1.82) is 0 Å². The molecule has 3 N–H and O–H groups in total.